The first kappa shape index (κ1) is 13.4. The van der Waals surface area contributed by atoms with E-state index in [2.05, 4.69) is 9.97 Å². The standard InChI is InChI=1S/C17H16N2O2/c20-17(21-12-13-6-2-1-3-7-13)11-10-16-18-14-8-4-5-9-15(14)19-16/h1-9H,10-12H2,(H,18,19). The van der Waals surface area contributed by atoms with E-state index in [1.165, 1.54) is 0 Å². The molecule has 106 valence electrons. The van der Waals surface area contributed by atoms with Crippen LogP contribution in [0.2, 0.25) is 0 Å². The van der Waals surface area contributed by atoms with Crippen molar-refractivity contribution in [3.8, 4) is 0 Å². The molecule has 0 aliphatic heterocycles. The lowest BCUT2D eigenvalue weighted by molar-refractivity contribution is -0.144. The van der Waals surface area contributed by atoms with Crippen molar-refractivity contribution in [2.75, 3.05) is 0 Å². The number of rotatable bonds is 5. The van der Waals surface area contributed by atoms with Crippen molar-refractivity contribution >= 4 is 17.0 Å². The minimum Gasteiger partial charge on any atom is -0.461 e. The third-order valence-electron chi connectivity index (χ3n) is 3.25. The third kappa shape index (κ3) is 3.48. The lowest BCUT2D eigenvalue weighted by Gasteiger charge is -2.03. The number of hydrogen-bond donors (Lipinski definition) is 1. The van der Waals surface area contributed by atoms with E-state index in [9.17, 15) is 4.79 Å². The highest BCUT2D eigenvalue weighted by molar-refractivity contribution is 5.75. The van der Waals surface area contributed by atoms with Crippen LogP contribution in [0, 0.1) is 0 Å². The Morgan fingerprint density at radius 2 is 1.81 bits per heavy atom. The number of carbonyl (C=O) groups is 1. The first-order valence-electron chi connectivity index (χ1n) is 6.94. The second-order valence-corrected chi connectivity index (χ2v) is 4.85. The van der Waals surface area contributed by atoms with Gasteiger partial charge in [0, 0.05) is 6.42 Å². The second-order valence-electron chi connectivity index (χ2n) is 4.85. The highest BCUT2D eigenvalue weighted by Gasteiger charge is 2.07. The molecule has 1 aromatic heterocycles. The molecule has 21 heavy (non-hydrogen) atoms. The number of carbonyl (C=O) groups excluding carboxylic acids is 1. The lowest BCUT2D eigenvalue weighted by Crippen LogP contribution is -2.06. The molecule has 3 aromatic rings. The Kier molecular flexibility index (Phi) is 3.96. The molecular formula is C17H16N2O2. The Hall–Kier alpha value is -2.62. The molecular weight excluding hydrogens is 264 g/mol. The largest absolute Gasteiger partial charge is 0.461 e. The highest BCUT2D eigenvalue weighted by atomic mass is 16.5. The van der Waals surface area contributed by atoms with Gasteiger partial charge in [0.1, 0.15) is 12.4 Å². The Morgan fingerprint density at radius 3 is 2.62 bits per heavy atom. The van der Waals surface area contributed by atoms with Crippen molar-refractivity contribution < 1.29 is 9.53 Å². The van der Waals surface area contributed by atoms with E-state index in [0.717, 1.165) is 22.4 Å². The Morgan fingerprint density at radius 1 is 1.05 bits per heavy atom. The van der Waals surface area contributed by atoms with Gasteiger partial charge in [-0.1, -0.05) is 42.5 Å². The van der Waals surface area contributed by atoms with Crippen LogP contribution in [0.5, 0.6) is 0 Å². The maximum absolute atomic E-state index is 11.7. The minimum atomic E-state index is -0.209. The Labute approximate surface area is 122 Å². The molecule has 3 rings (SSSR count). The number of para-hydroxylation sites is 2. The summed E-state index contributed by atoms with van der Waals surface area (Å²) in [5.41, 5.74) is 2.91. The van der Waals surface area contributed by atoms with E-state index in [4.69, 9.17) is 4.74 Å². The Bertz CT molecular complexity index is 702. The van der Waals surface area contributed by atoms with Crippen molar-refractivity contribution in [3.63, 3.8) is 0 Å². The quantitative estimate of drug-likeness (QED) is 0.730. The van der Waals surface area contributed by atoms with Crippen LogP contribution < -0.4 is 0 Å². The second kappa shape index (κ2) is 6.22. The molecule has 1 N–H and O–H groups in total. The van der Waals surface area contributed by atoms with E-state index >= 15 is 0 Å². The molecule has 0 amide bonds. The van der Waals surface area contributed by atoms with Gasteiger partial charge in [0.25, 0.3) is 0 Å². The number of fused-ring (bicyclic) bond motifs is 1. The van der Waals surface area contributed by atoms with Crippen LogP contribution in [0.4, 0.5) is 0 Å². The molecule has 2 aromatic carbocycles. The molecule has 4 heteroatoms. The molecule has 0 unspecified atom stereocenters. The van der Waals surface area contributed by atoms with Gasteiger partial charge in [-0.2, -0.15) is 0 Å². The van der Waals surface area contributed by atoms with Gasteiger partial charge in [-0.3, -0.25) is 4.79 Å². The van der Waals surface area contributed by atoms with Crippen molar-refractivity contribution in [3.05, 3.63) is 66.0 Å². The van der Waals surface area contributed by atoms with Gasteiger partial charge in [0.2, 0.25) is 0 Å². The van der Waals surface area contributed by atoms with E-state index in [1.807, 2.05) is 54.6 Å². The molecule has 0 radical (unpaired) electrons. The predicted molar refractivity (Wildman–Crippen MR) is 80.7 cm³/mol. The maximum Gasteiger partial charge on any atom is 0.306 e. The van der Waals surface area contributed by atoms with Crippen LogP contribution in [0.3, 0.4) is 0 Å². The number of aryl methyl sites for hydroxylation is 1. The maximum atomic E-state index is 11.7. The number of ether oxygens (including phenoxy) is 1. The van der Waals surface area contributed by atoms with E-state index in [1.54, 1.807) is 0 Å². The number of imidazole rings is 1. The van der Waals surface area contributed by atoms with Gasteiger partial charge in [-0.05, 0) is 17.7 Å². The van der Waals surface area contributed by atoms with Gasteiger partial charge >= 0.3 is 5.97 Å². The van der Waals surface area contributed by atoms with E-state index in [0.29, 0.717) is 19.4 Å². The first-order valence-corrected chi connectivity index (χ1v) is 6.94. The van der Waals surface area contributed by atoms with Gasteiger partial charge < -0.3 is 9.72 Å². The predicted octanol–water partition coefficient (Wildman–Crippen LogP) is 3.24. The average molecular weight is 280 g/mol. The zero-order valence-electron chi connectivity index (χ0n) is 11.6. The van der Waals surface area contributed by atoms with Crippen LogP contribution >= 0.6 is 0 Å². The SMILES string of the molecule is O=C(CCc1nc2ccccc2[nH]1)OCc1ccccc1. The lowest BCUT2D eigenvalue weighted by atomic mass is 10.2. The smallest absolute Gasteiger partial charge is 0.306 e. The summed E-state index contributed by atoms with van der Waals surface area (Å²) < 4.78 is 5.24. The van der Waals surface area contributed by atoms with Crippen molar-refractivity contribution in [1.82, 2.24) is 9.97 Å². The number of benzene rings is 2. The van der Waals surface area contributed by atoms with Crippen molar-refractivity contribution in [1.29, 1.82) is 0 Å². The molecule has 0 spiro atoms. The monoisotopic (exact) mass is 280 g/mol. The van der Waals surface area contributed by atoms with Crippen LogP contribution in [0.1, 0.15) is 17.8 Å². The van der Waals surface area contributed by atoms with Crippen LogP contribution in [-0.4, -0.2) is 15.9 Å². The molecule has 0 aliphatic carbocycles. The summed E-state index contributed by atoms with van der Waals surface area (Å²) >= 11 is 0. The zero-order chi connectivity index (χ0) is 14.5. The molecule has 0 saturated heterocycles. The van der Waals surface area contributed by atoms with Crippen molar-refractivity contribution in [2.45, 2.75) is 19.4 Å². The average Bonchev–Trinajstić information content (AvgIpc) is 2.95. The zero-order valence-corrected chi connectivity index (χ0v) is 11.6. The van der Waals surface area contributed by atoms with Crippen LogP contribution in [-0.2, 0) is 22.6 Å². The number of nitrogens with zero attached hydrogens (tertiary/aromatic N) is 1. The number of esters is 1. The topological polar surface area (TPSA) is 55.0 Å². The fraction of sp³-hybridized carbons (Fsp3) is 0.176. The molecule has 0 saturated carbocycles. The van der Waals surface area contributed by atoms with Gasteiger partial charge in [-0.15, -0.1) is 0 Å². The fourth-order valence-electron chi connectivity index (χ4n) is 2.15. The fourth-order valence-corrected chi connectivity index (χ4v) is 2.15. The summed E-state index contributed by atoms with van der Waals surface area (Å²) in [5, 5.41) is 0. The van der Waals surface area contributed by atoms with Crippen LogP contribution in [0.15, 0.2) is 54.6 Å². The molecule has 4 nitrogen and oxygen atoms in total. The normalized spacial score (nSPS) is 10.7. The summed E-state index contributed by atoms with van der Waals surface area (Å²) in [7, 11) is 0. The number of hydrogen-bond acceptors (Lipinski definition) is 3. The number of aromatic nitrogens is 2. The Balaban J connectivity index is 1.51. The summed E-state index contributed by atoms with van der Waals surface area (Å²) in [6.07, 6.45) is 0.884. The number of aromatic amines is 1. The molecule has 0 fully saturated rings. The third-order valence-corrected chi connectivity index (χ3v) is 3.25. The van der Waals surface area contributed by atoms with E-state index < -0.39 is 0 Å². The van der Waals surface area contributed by atoms with Gasteiger partial charge in [0.05, 0.1) is 17.5 Å². The first-order chi connectivity index (χ1) is 10.3. The molecule has 0 aliphatic rings. The highest BCUT2D eigenvalue weighted by Crippen LogP contribution is 2.11. The summed E-state index contributed by atoms with van der Waals surface area (Å²) in [6.45, 7) is 0.319. The molecule has 0 atom stereocenters. The molecule has 1 heterocycles. The van der Waals surface area contributed by atoms with Crippen molar-refractivity contribution in [2.24, 2.45) is 0 Å². The summed E-state index contributed by atoms with van der Waals surface area (Å²) in [6, 6.07) is 17.5. The molecule has 0 bridgehead atoms. The number of H-pyrrole nitrogens is 1. The van der Waals surface area contributed by atoms with Gasteiger partial charge in [-0.25, -0.2) is 4.98 Å². The van der Waals surface area contributed by atoms with Crippen LogP contribution in [0.25, 0.3) is 11.0 Å². The summed E-state index contributed by atoms with van der Waals surface area (Å²) in [4.78, 5) is 19.4. The number of nitrogens with one attached hydrogen (secondary N) is 1. The minimum absolute atomic E-state index is 0.209. The van der Waals surface area contributed by atoms with Gasteiger partial charge in [0.15, 0.2) is 0 Å². The summed E-state index contributed by atoms with van der Waals surface area (Å²) in [5.74, 6) is 0.604. The van der Waals surface area contributed by atoms with E-state index in [-0.39, 0.29) is 5.97 Å².